The van der Waals surface area contributed by atoms with Crippen LogP contribution >= 0.6 is 11.6 Å². The van der Waals surface area contributed by atoms with Crippen LogP contribution in [0.3, 0.4) is 0 Å². The number of carbonyl (C=O) groups excluding carboxylic acids is 1. The lowest BCUT2D eigenvalue weighted by Gasteiger charge is -2.28. The Labute approximate surface area is 213 Å². The van der Waals surface area contributed by atoms with Gasteiger partial charge in [-0.05, 0) is 78.2 Å². The number of fused-ring (bicyclic) bond motifs is 1. The summed E-state index contributed by atoms with van der Waals surface area (Å²) >= 11 is 6.07. The Morgan fingerprint density at radius 3 is 2.64 bits per heavy atom. The minimum atomic E-state index is -0.510. The number of tetrazole rings is 1. The van der Waals surface area contributed by atoms with E-state index in [1.807, 2.05) is 87.5 Å². The maximum absolute atomic E-state index is 13.6. The van der Waals surface area contributed by atoms with Crippen LogP contribution in [-0.2, 0) is 11.4 Å². The van der Waals surface area contributed by atoms with Gasteiger partial charge >= 0.3 is 0 Å². The summed E-state index contributed by atoms with van der Waals surface area (Å²) in [5.74, 6) is 0.952. The van der Waals surface area contributed by atoms with Crippen LogP contribution in [-0.4, -0.2) is 26.1 Å². The Morgan fingerprint density at radius 1 is 1.08 bits per heavy atom. The van der Waals surface area contributed by atoms with E-state index in [-0.39, 0.29) is 5.91 Å². The van der Waals surface area contributed by atoms with Gasteiger partial charge in [0.1, 0.15) is 18.4 Å². The number of benzene rings is 3. The predicted molar refractivity (Wildman–Crippen MR) is 139 cm³/mol. The molecule has 2 N–H and O–H groups in total. The molecule has 3 aromatic carbocycles. The zero-order valence-corrected chi connectivity index (χ0v) is 20.9. The lowest BCUT2D eigenvalue weighted by molar-refractivity contribution is -0.113. The molecule has 9 heteroatoms. The minimum Gasteiger partial charge on any atom is -0.489 e. The van der Waals surface area contributed by atoms with Crippen molar-refractivity contribution >= 4 is 29.1 Å². The number of aromatic nitrogens is 4. The summed E-state index contributed by atoms with van der Waals surface area (Å²) in [6, 6.07) is 20.6. The van der Waals surface area contributed by atoms with Gasteiger partial charge in [0.2, 0.25) is 5.95 Å². The average Bonchev–Trinajstić information content (AvgIpc) is 3.32. The van der Waals surface area contributed by atoms with E-state index in [0.717, 1.165) is 27.9 Å². The molecule has 4 aromatic rings. The monoisotopic (exact) mass is 500 g/mol. The fourth-order valence-corrected chi connectivity index (χ4v) is 4.51. The summed E-state index contributed by atoms with van der Waals surface area (Å²) < 4.78 is 7.55. The van der Waals surface area contributed by atoms with Gasteiger partial charge in [-0.25, -0.2) is 0 Å². The van der Waals surface area contributed by atoms with E-state index in [9.17, 15) is 4.79 Å². The fourth-order valence-electron chi connectivity index (χ4n) is 4.30. The predicted octanol–water partition coefficient (Wildman–Crippen LogP) is 5.45. The number of nitrogens with one attached hydrogen (secondary N) is 2. The lowest BCUT2D eigenvalue weighted by Crippen LogP contribution is -2.31. The van der Waals surface area contributed by atoms with E-state index in [4.69, 9.17) is 16.3 Å². The number of hydrogen-bond acceptors (Lipinski definition) is 6. The quantitative estimate of drug-likeness (QED) is 0.365. The molecule has 1 amide bonds. The van der Waals surface area contributed by atoms with Crippen molar-refractivity contribution in [3.05, 3.63) is 105 Å². The van der Waals surface area contributed by atoms with Crippen molar-refractivity contribution in [1.82, 2.24) is 20.2 Å². The van der Waals surface area contributed by atoms with Gasteiger partial charge in [-0.3, -0.25) is 4.79 Å². The SMILES string of the molecule is CC1=C(C(=O)Nc2ccc(C)cc2C)C(c2ccc(OCc3cccc(Cl)c3)cc2)n2nnnc2N1. The van der Waals surface area contributed by atoms with Gasteiger partial charge in [0.25, 0.3) is 5.91 Å². The Morgan fingerprint density at radius 2 is 1.89 bits per heavy atom. The molecule has 1 unspecified atom stereocenters. The summed E-state index contributed by atoms with van der Waals surface area (Å²) in [7, 11) is 0. The number of hydrogen-bond donors (Lipinski definition) is 2. The number of ether oxygens (including phenoxy) is 1. The van der Waals surface area contributed by atoms with E-state index >= 15 is 0 Å². The van der Waals surface area contributed by atoms with Crippen molar-refractivity contribution in [3.63, 3.8) is 0 Å². The summed E-state index contributed by atoms with van der Waals surface area (Å²) in [5.41, 5.74) is 5.93. The zero-order valence-electron chi connectivity index (χ0n) is 20.1. The standard InChI is InChI=1S/C27H25ClN6O2/c1-16-7-12-23(17(2)13-16)30-26(35)24-18(3)29-27-31-32-33-34(27)25(24)20-8-10-22(11-9-20)36-15-19-5-4-6-21(28)14-19/h4-14,25H,15H2,1-3H3,(H,30,35)(H,29,31,33). The molecule has 1 aliphatic heterocycles. The van der Waals surface area contributed by atoms with Crippen molar-refractivity contribution in [3.8, 4) is 5.75 Å². The molecule has 1 atom stereocenters. The first-order chi connectivity index (χ1) is 17.4. The Hall–Kier alpha value is -4.17. The molecule has 0 saturated heterocycles. The van der Waals surface area contributed by atoms with Crippen molar-refractivity contribution in [2.24, 2.45) is 0 Å². The van der Waals surface area contributed by atoms with Gasteiger partial charge in [0, 0.05) is 16.4 Å². The van der Waals surface area contributed by atoms with E-state index in [1.54, 1.807) is 4.68 Å². The topological polar surface area (TPSA) is 94.0 Å². The maximum atomic E-state index is 13.6. The van der Waals surface area contributed by atoms with Crippen LogP contribution in [0.2, 0.25) is 5.02 Å². The third-order valence-electron chi connectivity index (χ3n) is 6.08. The van der Waals surface area contributed by atoms with E-state index in [0.29, 0.717) is 34.6 Å². The number of rotatable bonds is 6. The first-order valence-corrected chi connectivity index (χ1v) is 11.9. The van der Waals surface area contributed by atoms with Crippen molar-refractivity contribution in [1.29, 1.82) is 0 Å². The molecule has 1 aromatic heterocycles. The number of halogens is 1. The van der Waals surface area contributed by atoms with Gasteiger partial charge in [-0.1, -0.05) is 58.7 Å². The molecule has 0 radical (unpaired) electrons. The number of aryl methyl sites for hydroxylation is 2. The van der Waals surface area contributed by atoms with E-state index in [2.05, 4.69) is 26.2 Å². The summed E-state index contributed by atoms with van der Waals surface area (Å²) in [4.78, 5) is 13.6. The first-order valence-electron chi connectivity index (χ1n) is 11.5. The second-order valence-electron chi connectivity index (χ2n) is 8.77. The van der Waals surface area contributed by atoms with Crippen LogP contribution in [0.4, 0.5) is 11.6 Å². The fraction of sp³-hybridized carbons (Fsp3) is 0.185. The molecule has 5 rings (SSSR count). The van der Waals surface area contributed by atoms with Gasteiger partial charge < -0.3 is 15.4 Å². The van der Waals surface area contributed by atoms with Crippen LogP contribution in [0.25, 0.3) is 0 Å². The molecule has 0 bridgehead atoms. The summed E-state index contributed by atoms with van der Waals surface area (Å²) in [5, 5.41) is 18.9. The van der Waals surface area contributed by atoms with Gasteiger partial charge in [-0.2, -0.15) is 4.68 Å². The minimum absolute atomic E-state index is 0.223. The highest BCUT2D eigenvalue weighted by molar-refractivity contribution is 6.30. The van der Waals surface area contributed by atoms with Crippen LogP contribution < -0.4 is 15.4 Å². The van der Waals surface area contributed by atoms with Crippen molar-refractivity contribution in [2.45, 2.75) is 33.4 Å². The molecule has 182 valence electrons. The molecular weight excluding hydrogens is 476 g/mol. The highest BCUT2D eigenvalue weighted by Gasteiger charge is 2.34. The maximum Gasteiger partial charge on any atom is 0.255 e. The Balaban J connectivity index is 1.42. The zero-order chi connectivity index (χ0) is 25.2. The molecule has 0 aliphatic carbocycles. The summed E-state index contributed by atoms with van der Waals surface area (Å²) in [6.07, 6.45) is 0. The highest BCUT2D eigenvalue weighted by atomic mass is 35.5. The molecule has 2 heterocycles. The second kappa shape index (κ2) is 9.83. The first kappa shape index (κ1) is 23.6. The normalized spacial score (nSPS) is 14.7. The lowest BCUT2D eigenvalue weighted by atomic mass is 9.94. The molecule has 1 aliphatic rings. The molecular formula is C27H25ClN6O2. The van der Waals surface area contributed by atoms with Crippen LogP contribution in [0, 0.1) is 13.8 Å². The van der Waals surface area contributed by atoms with Gasteiger partial charge in [0.05, 0.1) is 5.57 Å². The van der Waals surface area contributed by atoms with Gasteiger partial charge in [-0.15, -0.1) is 0 Å². The molecule has 0 spiro atoms. The molecule has 0 saturated carbocycles. The van der Waals surface area contributed by atoms with Crippen molar-refractivity contribution in [2.75, 3.05) is 10.6 Å². The van der Waals surface area contributed by atoms with Crippen LogP contribution in [0.15, 0.2) is 78.0 Å². The van der Waals surface area contributed by atoms with Crippen LogP contribution in [0.5, 0.6) is 5.75 Å². The molecule has 36 heavy (non-hydrogen) atoms. The van der Waals surface area contributed by atoms with Crippen molar-refractivity contribution < 1.29 is 9.53 Å². The summed E-state index contributed by atoms with van der Waals surface area (Å²) in [6.45, 7) is 6.24. The smallest absolute Gasteiger partial charge is 0.255 e. The number of carbonyl (C=O) groups is 1. The third-order valence-corrected chi connectivity index (χ3v) is 6.31. The largest absolute Gasteiger partial charge is 0.489 e. The number of amides is 1. The number of anilines is 2. The Kier molecular flexibility index (Phi) is 6.43. The van der Waals surface area contributed by atoms with Gasteiger partial charge in [0.15, 0.2) is 0 Å². The number of nitrogens with zero attached hydrogens (tertiary/aromatic N) is 4. The van der Waals surface area contributed by atoms with Crippen LogP contribution in [0.1, 0.15) is 35.2 Å². The number of allylic oxidation sites excluding steroid dienone is 1. The van der Waals surface area contributed by atoms with E-state index in [1.165, 1.54) is 0 Å². The highest BCUT2D eigenvalue weighted by Crippen LogP contribution is 2.35. The third kappa shape index (κ3) is 4.81. The Bertz CT molecular complexity index is 1460. The molecule has 0 fully saturated rings. The van der Waals surface area contributed by atoms with E-state index < -0.39 is 6.04 Å². The second-order valence-corrected chi connectivity index (χ2v) is 9.21. The molecule has 8 nitrogen and oxygen atoms in total. The average molecular weight is 501 g/mol.